The van der Waals surface area contributed by atoms with Gasteiger partial charge in [0.05, 0.1) is 0 Å². The molecule has 1 aliphatic heterocycles. The largest absolute Gasteiger partial charge is 0.388 e. The second-order valence-electron chi connectivity index (χ2n) is 4.61. The first-order valence-electron chi connectivity index (χ1n) is 5.90. The molecule has 0 bridgehead atoms. The number of rotatable bonds is 3. The molecule has 1 N–H and O–H groups in total. The van der Waals surface area contributed by atoms with E-state index in [1.807, 2.05) is 7.05 Å². The molecule has 0 spiro atoms. The highest BCUT2D eigenvalue weighted by molar-refractivity contribution is 5.55. The van der Waals surface area contributed by atoms with Gasteiger partial charge >= 0.3 is 0 Å². The first-order chi connectivity index (χ1) is 7.70. The molecule has 1 aromatic rings. The smallest absolute Gasteiger partial charge is 0.0425 e. The number of likely N-dealkylation sites (N-methyl/N-ethyl adjacent to an activating group) is 2. The van der Waals surface area contributed by atoms with Crippen molar-refractivity contribution in [1.82, 2.24) is 4.90 Å². The molecule has 3 nitrogen and oxygen atoms in total. The number of anilines is 2. The fourth-order valence-electron chi connectivity index (χ4n) is 2.30. The van der Waals surface area contributed by atoms with Gasteiger partial charge in [-0.1, -0.05) is 0 Å². The molecule has 0 saturated carbocycles. The summed E-state index contributed by atoms with van der Waals surface area (Å²) >= 11 is 0. The van der Waals surface area contributed by atoms with Crippen molar-refractivity contribution < 1.29 is 0 Å². The molecule has 0 amide bonds. The molecule has 16 heavy (non-hydrogen) atoms. The van der Waals surface area contributed by atoms with Crippen LogP contribution in [0.1, 0.15) is 6.42 Å². The number of hydrogen-bond donors (Lipinski definition) is 1. The minimum Gasteiger partial charge on any atom is -0.388 e. The lowest BCUT2D eigenvalue weighted by Crippen LogP contribution is -2.33. The third-order valence-electron chi connectivity index (χ3n) is 3.48. The Morgan fingerprint density at radius 3 is 2.50 bits per heavy atom. The summed E-state index contributed by atoms with van der Waals surface area (Å²) < 4.78 is 0. The van der Waals surface area contributed by atoms with Crippen molar-refractivity contribution in [1.29, 1.82) is 0 Å². The Kier molecular flexibility index (Phi) is 3.34. The van der Waals surface area contributed by atoms with Gasteiger partial charge in [-0.25, -0.2) is 0 Å². The number of likely N-dealkylation sites (tertiary alicyclic amines) is 1. The van der Waals surface area contributed by atoms with Crippen molar-refractivity contribution in [3.05, 3.63) is 24.3 Å². The van der Waals surface area contributed by atoms with Gasteiger partial charge in [0.25, 0.3) is 0 Å². The molecule has 0 aromatic heterocycles. The van der Waals surface area contributed by atoms with Gasteiger partial charge in [-0.15, -0.1) is 0 Å². The maximum absolute atomic E-state index is 3.14. The van der Waals surface area contributed by atoms with Crippen LogP contribution in [-0.2, 0) is 0 Å². The highest BCUT2D eigenvalue weighted by atomic mass is 15.2. The summed E-state index contributed by atoms with van der Waals surface area (Å²) in [5.41, 5.74) is 2.47. The van der Waals surface area contributed by atoms with Crippen LogP contribution in [0, 0.1) is 0 Å². The quantitative estimate of drug-likeness (QED) is 0.837. The summed E-state index contributed by atoms with van der Waals surface area (Å²) in [6.45, 7) is 2.38. The lowest BCUT2D eigenvalue weighted by Gasteiger charge is -2.26. The average molecular weight is 219 g/mol. The Hall–Kier alpha value is -1.22. The van der Waals surface area contributed by atoms with Crippen LogP contribution in [0.25, 0.3) is 0 Å². The molecule has 2 rings (SSSR count). The van der Waals surface area contributed by atoms with E-state index < -0.39 is 0 Å². The summed E-state index contributed by atoms with van der Waals surface area (Å²) in [7, 11) is 6.33. The summed E-state index contributed by atoms with van der Waals surface area (Å²) in [4.78, 5) is 4.78. The third-order valence-corrected chi connectivity index (χ3v) is 3.48. The van der Waals surface area contributed by atoms with Crippen LogP contribution in [0.3, 0.4) is 0 Å². The molecule has 1 heterocycles. The molecule has 1 fully saturated rings. The molecule has 1 atom stereocenters. The van der Waals surface area contributed by atoms with Crippen LogP contribution < -0.4 is 10.2 Å². The zero-order valence-corrected chi connectivity index (χ0v) is 10.4. The Morgan fingerprint density at radius 2 is 2.00 bits per heavy atom. The average Bonchev–Trinajstić information content (AvgIpc) is 2.75. The van der Waals surface area contributed by atoms with Gasteiger partial charge in [-0.3, -0.25) is 0 Å². The van der Waals surface area contributed by atoms with E-state index in [2.05, 4.69) is 53.5 Å². The molecule has 88 valence electrons. The zero-order valence-electron chi connectivity index (χ0n) is 10.4. The van der Waals surface area contributed by atoms with E-state index in [1.165, 1.54) is 30.9 Å². The Labute approximate surface area is 98.0 Å². The summed E-state index contributed by atoms with van der Waals surface area (Å²) in [5.74, 6) is 0. The molecular weight excluding hydrogens is 198 g/mol. The topological polar surface area (TPSA) is 18.5 Å². The van der Waals surface area contributed by atoms with E-state index in [-0.39, 0.29) is 0 Å². The first-order valence-corrected chi connectivity index (χ1v) is 5.90. The van der Waals surface area contributed by atoms with Crippen LogP contribution in [0.2, 0.25) is 0 Å². The minimum absolute atomic E-state index is 0.658. The molecule has 1 saturated heterocycles. The second-order valence-corrected chi connectivity index (χ2v) is 4.61. The van der Waals surface area contributed by atoms with Crippen molar-refractivity contribution in [2.45, 2.75) is 12.5 Å². The predicted octanol–water partition coefficient (Wildman–Crippen LogP) is 1.87. The van der Waals surface area contributed by atoms with Crippen LogP contribution in [-0.4, -0.2) is 45.2 Å². The standard InChI is InChI=1S/C13H21N3/c1-14-11-4-6-12(7-5-11)16(3)13-8-9-15(2)10-13/h4-7,13-14H,8-10H2,1-3H3. The summed E-state index contributed by atoms with van der Waals surface area (Å²) in [5, 5.41) is 3.14. The highest BCUT2D eigenvalue weighted by Gasteiger charge is 2.23. The lowest BCUT2D eigenvalue weighted by molar-refractivity contribution is 0.409. The van der Waals surface area contributed by atoms with Crippen LogP contribution in [0.4, 0.5) is 11.4 Å². The second kappa shape index (κ2) is 4.74. The van der Waals surface area contributed by atoms with Crippen LogP contribution >= 0.6 is 0 Å². The molecule has 3 heteroatoms. The van der Waals surface area contributed by atoms with E-state index in [0.29, 0.717) is 6.04 Å². The SMILES string of the molecule is CNc1ccc(N(C)C2CCN(C)C2)cc1. The molecule has 1 unspecified atom stereocenters. The summed E-state index contributed by atoms with van der Waals surface area (Å²) in [6, 6.07) is 9.29. The van der Waals surface area contributed by atoms with Crippen LogP contribution in [0.15, 0.2) is 24.3 Å². The summed E-state index contributed by atoms with van der Waals surface area (Å²) in [6.07, 6.45) is 1.26. The van der Waals surface area contributed by atoms with Crippen molar-refractivity contribution in [2.75, 3.05) is 44.4 Å². The van der Waals surface area contributed by atoms with E-state index in [1.54, 1.807) is 0 Å². The lowest BCUT2D eigenvalue weighted by atomic mass is 10.2. The molecule has 1 aliphatic rings. The third kappa shape index (κ3) is 2.30. The van der Waals surface area contributed by atoms with Gasteiger partial charge < -0.3 is 15.1 Å². The molecule has 0 aliphatic carbocycles. The van der Waals surface area contributed by atoms with E-state index in [9.17, 15) is 0 Å². The fraction of sp³-hybridized carbons (Fsp3) is 0.538. The fourth-order valence-corrected chi connectivity index (χ4v) is 2.30. The number of hydrogen-bond acceptors (Lipinski definition) is 3. The van der Waals surface area contributed by atoms with Gasteiger partial charge in [0.15, 0.2) is 0 Å². The van der Waals surface area contributed by atoms with Crippen molar-refractivity contribution in [3.8, 4) is 0 Å². The maximum atomic E-state index is 3.14. The Morgan fingerprint density at radius 1 is 1.31 bits per heavy atom. The monoisotopic (exact) mass is 219 g/mol. The maximum Gasteiger partial charge on any atom is 0.0425 e. The minimum atomic E-state index is 0.658. The predicted molar refractivity (Wildman–Crippen MR) is 70.3 cm³/mol. The number of nitrogens with one attached hydrogen (secondary N) is 1. The first kappa shape index (κ1) is 11.3. The van der Waals surface area contributed by atoms with E-state index in [0.717, 1.165) is 0 Å². The van der Waals surface area contributed by atoms with Gasteiger partial charge in [0.2, 0.25) is 0 Å². The van der Waals surface area contributed by atoms with E-state index in [4.69, 9.17) is 0 Å². The molecule has 0 radical (unpaired) electrons. The number of benzene rings is 1. The van der Waals surface area contributed by atoms with Gasteiger partial charge in [0, 0.05) is 38.1 Å². The van der Waals surface area contributed by atoms with Crippen molar-refractivity contribution in [2.24, 2.45) is 0 Å². The van der Waals surface area contributed by atoms with Crippen molar-refractivity contribution in [3.63, 3.8) is 0 Å². The Bertz CT molecular complexity index is 334. The normalized spacial score (nSPS) is 21.1. The van der Waals surface area contributed by atoms with E-state index >= 15 is 0 Å². The highest BCUT2D eigenvalue weighted by Crippen LogP contribution is 2.22. The van der Waals surface area contributed by atoms with Gasteiger partial charge in [0.1, 0.15) is 0 Å². The zero-order chi connectivity index (χ0) is 11.5. The van der Waals surface area contributed by atoms with Crippen LogP contribution in [0.5, 0.6) is 0 Å². The van der Waals surface area contributed by atoms with Gasteiger partial charge in [-0.05, 0) is 44.3 Å². The molecule has 1 aromatic carbocycles. The number of nitrogens with zero attached hydrogens (tertiary/aromatic N) is 2. The molecular formula is C13H21N3. The van der Waals surface area contributed by atoms with Gasteiger partial charge in [-0.2, -0.15) is 0 Å². The Balaban J connectivity index is 2.05. The van der Waals surface area contributed by atoms with Crippen molar-refractivity contribution >= 4 is 11.4 Å².